The molecule has 0 heterocycles. The number of ether oxygens (including phenoxy) is 6. The first-order valence-electron chi connectivity index (χ1n) is 10.1. The van der Waals surface area contributed by atoms with Gasteiger partial charge in [0.05, 0.1) is 0 Å². The molecule has 0 radical (unpaired) electrons. The number of carbonyl (C=O) groups is 4. The lowest BCUT2D eigenvalue weighted by molar-refractivity contribution is -0.159. The molecule has 1 aromatic rings. The molecule has 0 fully saturated rings. The van der Waals surface area contributed by atoms with Gasteiger partial charge in [-0.25, -0.2) is 19.2 Å². The van der Waals surface area contributed by atoms with E-state index in [2.05, 4.69) is 19.7 Å². The second-order valence-corrected chi connectivity index (χ2v) is 6.46. The van der Waals surface area contributed by atoms with Gasteiger partial charge in [0, 0.05) is 50.6 Å². The quantitative estimate of drug-likeness (QED) is 0.178. The average Bonchev–Trinajstić information content (AvgIpc) is 2.79. The first-order chi connectivity index (χ1) is 16.5. The molecule has 1 aromatic carbocycles. The molecule has 0 saturated heterocycles. The topological polar surface area (TPSA) is 144 Å². The van der Waals surface area contributed by atoms with Crippen LogP contribution >= 0.6 is 0 Å². The molecule has 0 amide bonds. The molecule has 35 heavy (non-hydrogen) atoms. The Morgan fingerprint density at radius 1 is 0.743 bits per heavy atom. The molecule has 0 aliphatic heterocycles. The van der Waals surface area contributed by atoms with Crippen LogP contribution in [-0.4, -0.2) is 47.9 Å². The lowest BCUT2D eigenvalue weighted by atomic mass is 10.1. The van der Waals surface area contributed by atoms with E-state index in [-0.39, 0.29) is 22.8 Å². The van der Waals surface area contributed by atoms with Crippen molar-refractivity contribution in [2.45, 2.75) is 39.6 Å². The summed E-state index contributed by atoms with van der Waals surface area (Å²) in [6.07, 6.45) is 1.29. The van der Waals surface area contributed by atoms with Crippen LogP contribution in [0.2, 0.25) is 0 Å². The van der Waals surface area contributed by atoms with Gasteiger partial charge in [0.2, 0.25) is 24.6 Å². The highest BCUT2D eigenvalue weighted by Crippen LogP contribution is 2.43. The van der Waals surface area contributed by atoms with Gasteiger partial charge in [0.15, 0.2) is 11.5 Å². The maximum absolute atomic E-state index is 11.6. The van der Waals surface area contributed by atoms with Crippen LogP contribution in [0.4, 0.5) is 0 Å². The fraction of sp³-hybridized carbons (Fsp3) is 0.250. The highest BCUT2D eigenvalue weighted by molar-refractivity contribution is 5.86. The van der Waals surface area contributed by atoms with Gasteiger partial charge in [-0.05, 0) is 18.2 Å². The monoisotopic (exact) mass is 490 g/mol. The summed E-state index contributed by atoms with van der Waals surface area (Å²) in [6, 6.07) is 2.80. The number of benzene rings is 1. The third-order valence-corrected chi connectivity index (χ3v) is 3.72. The fourth-order valence-electron chi connectivity index (χ4n) is 2.40. The van der Waals surface area contributed by atoms with Crippen molar-refractivity contribution < 1.29 is 52.7 Å². The van der Waals surface area contributed by atoms with Gasteiger partial charge in [-0.1, -0.05) is 19.7 Å². The molecule has 0 aliphatic rings. The summed E-state index contributed by atoms with van der Waals surface area (Å²) in [5, 5.41) is 9.03. The lowest BCUT2D eigenvalue weighted by Gasteiger charge is -2.24. The molecule has 0 aromatic heterocycles. The SMILES string of the molecule is C=CC(=O)OC(C)Oc1ccc(/C=C/C(=O)O)c(OC(C)OC(=O)C=C)c1OC(C)OC(=O)C=C. The normalized spacial score (nSPS) is 12.9. The van der Waals surface area contributed by atoms with E-state index in [9.17, 15) is 19.2 Å². The molecule has 0 spiro atoms. The van der Waals surface area contributed by atoms with E-state index in [4.69, 9.17) is 33.5 Å². The van der Waals surface area contributed by atoms with E-state index in [0.29, 0.717) is 0 Å². The van der Waals surface area contributed by atoms with E-state index in [1.165, 1.54) is 39.0 Å². The predicted octanol–water partition coefficient (Wildman–Crippen LogP) is 3.15. The number of esters is 3. The predicted molar refractivity (Wildman–Crippen MR) is 122 cm³/mol. The van der Waals surface area contributed by atoms with Crippen molar-refractivity contribution in [3.63, 3.8) is 0 Å². The number of carbonyl (C=O) groups excluding carboxylic acids is 3. The van der Waals surface area contributed by atoms with Crippen molar-refractivity contribution in [3.05, 3.63) is 61.7 Å². The standard InChI is InChI=1S/C24H26O11/c1-7-20(27)31-14(4)30-18-12-10-17(11-13-19(25)26)23(34-15(5)32-21(28)8-2)24(18)35-16(6)33-22(29)9-3/h7-16H,1-3H2,4-6H3,(H,25,26)/b13-11+. The Bertz CT molecular complexity index is 1010. The number of hydrogen-bond donors (Lipinski definition) is 1. The Kier molecular flexibility index (Phi) is 11.3. The zero-order valence-electron chi connectivity index (χ0n) is 19.4. The summed E-state index contributed by atoms with van der Waals surface area (Å²) in [5.41, 5.74) is 0.175. The lowest BCUT2D eigenvalue weighted by Crippen LogP contribution is -2.24. The van der Waals surface area contributed by atoms with E-state index >= 15 is 0 Å². The van der Waals surface area contributed by atoms with E-state index in [1.54, 1.807) is 0 Å². The molecule has 0 bridgehead atoms. The molecular formula is C24H26O11. The van der Waals surface area contributed by atoms with Gasteiger partial charge in [-0.2, -0.15) is 0 Å². The first kappa shape index (κ1) is 28.5. The van der Waals surface area contributed by atoms with E-state index in [1.807, 2.05) is 0 Å². The van der Waals surface area contributed by atoms with Crippen LogP contribution in [0.3, 0.4) is 0 Å². The third kappa shape index (κ3) is 9.86. The number of carboxylic acid groups (broad SMARTS) is 1. The van der Waals surface area contributed by atoms with Crippen LogP contribution in [0.5, 0.6) is 17.2 Å². The Hall–Kier alpha value is -4.54. The van der Waals surface area contributed by atoms with Crippen molar-refractivity contribution in [3.8, 4) is 17.2 Å². The number of rotatable bonds is 14. The minimum atomic E-state index is -1.25. The summed E-state index contributed by atoms with van der Waals surface area (Å²) >= 11 is 0. The van der Waals surface area contributed by atoms with E-state index < -0.39 is 42.7 Å². The van der Waals surface area contributed by atoms with Crippen LogP contribution < -0.4 is 14.2 Å². The molecular weight excluding hydrogens is 464 g/mol. The fourth-order valence-corrected chi connectivity index (χ4v) is 2.40. The van der Waals surface area contributed by atoms with Crippen LogP contribution in [0.1, 0.15) is 26.3 Å². The van der Waals surface area contributed by atoms with Crippen molar-refractivity contribution in [1.29, 1.82) is 0 Å². The van der Waals surface area contributed by atoms with Crippen LogP contribution in [0.15, 0.2) is 56.2 Å². The second-order valence-electron chi connectivity index (χ2n) is 6.46. The highest BCUT2D eigenvalue weighted by Gasteiger charge is 2.24. The van der Waals surface area contributed by atoms with Crippen molar-refractivity contribution in [2.24, 2.45) is 0 Å². The zero-order chi connectivity index (χ0) is 26.5. The van der Waals surface area contributed by atoms with Crippen molar-refractivity contribution in [2.75, 3.05) is 0 Å². The molecule has 1 rings (SSSR count). The molecule has 3 unspecified atom stereocenters. The Morgan fingerprint density at radius 3 is 1.60 bits per heavy atom. The maximum atomic E-state index is 11.6. The Balaban J connectivity index is 3.57. The molecule has 0 aliphatic carbocycles. The zero-order valence-corrected chi connectivity index (χ0v) is 19.4. The summed E-state index contributed by atoms with van der Waals surface area (Å²) < 4.78 is 32.1. The highest BCUT2D eigenvalue weighted by atomic mass is 16.7. The van der Waals surface area contributed by atoms with Crippen LogP contribution in [0, 0.1) is 0 Å². The summed E-state index contributed by atoms with van der Waals surface area (Å²) in [5.74, 6) is -3.92. The minimum Gasteiger partial charge on any atom is -0.478 e. The molecule has 0 saturated carbocycles. The van der Waals surface area contributed by atoms with Gasteiger partial charge in [0.1, 0.15) is 0 Å². The largest absolute Gasteiger partial charge is 0.478 e. The molecule has 11 heteroatoms. The third-order valence-electron chi connectivity index (χ3n) is 3.72. The maximum Gasteiger partial charge on any atom is 0.333 e. The summed E-state index contributed by atoms with van der Waals surface area (Å²) in [6.45, 7) is 14.1. The van der Waals surface area contributed by atoms with Gasteiger partial charge < -0.3 is 33.5 Å². The molecule has 1 N–H and O–H groups in total. The number of hydrogen-bond acceptors (Lipinski definition) is 10. The summed E-state index contributed by atoms with van der Waals surface area (Å²) in [7, 11) is 0. The average molecular weight is 490 g/mol. The summed E-state index contributed by atoms with van der Waals surface area (Å²) in [4.78, 5) is 45.8. The molecule has 3 atom stereocenters. The van der Waals surface area contributed by atoms with Crippen molar-refractivity contribution >= 4 is 30.0 Å². The van der Waals surface area contributed by atoms with Gasteiger partial charge >= 0.3 is 23.9 Å². The number of carboxylic acids is 1. The van der Waals surface area contributed by atoms with Gasteiger partial charge in [0.25, 0.3) is 0 Å². The Morgan fingerprint density at radius 2 is 1.17 bits per heavy atom. The van der Waals surface area contributed by atoms with E-state index in [0.717, 1.165) is 24.3 Å². The van der Waals surface area contributed by atoms with Crippen LogP contribution in [-0.2, 0) is 33.4 Å². The second kappa shape index (κ2) is 13.9. The first-order valence-corrected chi connectivity index (χ1v) is 10.1. The minimum absolute atomic E-state index is 0.0411. The molecule has 11 nitrogen and oxygen atoms in total. The van der Waals surface area contributed by atoms with Gasteiger partial charge in [-0.3, -0.25) is 0 Å². The van der Waals surface area contributed by atoms with Gasteiger partial charge in [-0.15, -0.1) is 0 Å². The molecule has 188 valence electrons. The van der Waals surface area contributed by atoms with Crippen molar-refractivity contribution in [1.82, 2.24) is 0 Å². The smallest absolute Gasteiger partial charge is 0.333 e. The number of aliphatic carboxylic acids is 1. The Labute approximate surface area is 201 Å². The van der Waals surface area contributed by atoms with Crippen LogP contribution in [0.25, 0.3) is 6.08 Å².